The molecule has 0 radical (unpaired) electrons. The van der Waals surface area contributed by atoms with Crippen molar-refractivity contribution in [1.82, 2.24) is 4.98 Å². The maximum atomic E-state index is 13.3. The van der Waals surface area contributed by atoms with Crippen LogP contribution in [0, 0.1) is 0 Å². The first kappa shape index (κ1) is 13.4. The average Bonchev–Trinajstić information content (AvgIpc) is 2.71. The summed E-state index contributed by atoms with van der Waals surface area (Å²) in [5.41, 5.74) is 0.511. The minimum Gasteiger partial charge on any atom is -0.477 e. The van der Waals surface area contributed by atoms with E-state index < -0.39 is 11.9 Å². The van der Waals surface area contributed by atoms with Crippen LogP contribution in [-0.2, 0) is 6.42 Å². The highest BCUT2D eigenvalue weighted by molar-refractivity contribution is 7.13. The number of alkyl halides is 2. The van der Waals surface area contributed by atoms with E-state index in [0.29, 0.717) is 30.0 Å². The van der Waals surface area contributed by atoms with E-state index in [-0.39, 0.29) is 23.6 Å². The Morgan fingerprint density at radius 1 is 1.61 bits per heavy atom. The van der Waals surface area contributed by atoms with Gasteiger partial charge < -0.3 is 5.11 Å². The normalized spacial score (nSPS) is 22.9. The van der Waals surface area contributed by atoms with Gasteiger partial charge in [-0.15, -0.1) is 11.3 Å². The fourth-order valence-corrected chi connectivity index (χ4v) is 3.46. The van der Waals surface area contributed by atoms with Gasteiger partial charge in [-0.1, -0.05) is 6.92 Å². The van der Waals surface area contributed by atoms with Crippen molar-refractivity contribution < 1.29 is 18.7 Å². The summed E-state index contributed by atoms with van der Waals surface area (Å²) in [6, 6.07) is 0. The van der Waals surface area contributed by atoms with E-state index in [1.165, 1.54) is 0 Å². The smallest absolute Gasteiger partial charge is 0.347 e. The largest absolute Gasteiger partial charge is 0.477 e. The highest BCUT2D eigenvalue weighted by Gasteiger charge is 2.38. The molecule has 1 aliphatic rings. The summed E-state index contributed by atoms with van der Waals surface area (Å²) in [5, 5.41) is 9.59. The van der Waals surface area contributed by atoms with Gasteiger partial charge >= 0.3 is 5.97 Å². The number of halogens is 2. The van der Waals surface area contributed by atoms with Gasteiger partial charge in [-0.05, 0) is 19.3 Å². The molecule has 1 aromatic rings. The van der Waals surface area contributed by atoms with E-state index in [1.54, 1.807) is 0 Å². The van der Waals surface area contributed by atoms with Crippen LogP contribution in [0.25, 0.3) is 0 Å². The Balaban J connectivity index is 2.25. The fourth-order valence-electron chi connectivity index (χ4n) is 2.33. The molecule has 100 valence electrons. The van der Waals surface area contributed by atoms with E-state index in [1.807, 2.05) is 6.92 Å². The minimum atomic E-state index is -2.63. The number of nitrogens with zero attached hydrogens (tertiary/aromatic N) is 1. The lowest BCUT2D eigenvalue weighted by atomic mass is 9.87. The molecule has 0 aromatic carbocycles. The van der Waals surface area contributed by atoms with Gasteiger partial charge in [0.15, 0.2) is 0 Å². The van der Waals surface area contributed by atoms with Gasteiger partial charge in [-0.25, -0.2) is 18.6 Å². The highest BCUT2D eigenvalue weighted by Crippen LogP contribution is 2.43. The van der Waals surface area contributed by atoms with Gasteiger partial charge in [0.2, 0.25) is 5.92 Å². The quantitative estimate of drug-likeness (QED) is 0.915. The van der Waals surface area contributed by atoms with Crippen LogP contribution >= 0.6 is 11.3 Å². The van der Waals surface area contributed by atoms with Crippen LogP contribution in [-0.4, -0.2) is 22.0 Å². The summed E-state index contributed by atoms with van der Waals surface area (Å²) in [6.45, 7) is 1.82. The first-order valence-electron chi connectivity index (χ1n) is 6.03. The summed E-state index contributed by atoms with van der Waals surface area (Å²) in [6.07, 6.45) is 1.39. The molecule has 0 aliphatic heterocycles. The second-order valence-corrected chi connectivity index (χ2v) is 5.67. The van der Waals surface area contributed by atoms with Gasteiger partial charge in [-0.3, -0.25) is 0 Å². The number of hydrogen-bond acceptors (Lipinski definition) is 3. The third kappa shape index (κ3) is 2.68. The van der Waals surface area contributed by atoms with Crippen molar-refractivity contribution in [3.05, 3.63) is 15.6 Å². The molecule has 0 bridgehead atoms. The maximum absolute atomic E-state index is 13.3. The number of aryl methyl sites for hydroxylation is 1. The molecule has 1 heterocycles. The van der Waals surface area contributed by atoms with Crippen molar-refractivity contribution in [2.24, 2.45) is 0 Å². The number of hydrogen-bond donors (Lipinski definition) is 1. The van der Waals surface area contributed by atoms with Crippen LogP contribution in [0.2, 0.25) is 0 Å². The van der Waals surface area contributed by atoms with Crippen molar-refractivity contribution in [2.75, 3.05) is 0 Å². The summed E-state index contributed by atoms with van der Waals surface area (Å²) in [7, 11) is 0. The topological polar surface area (TPSA) is 50.2 Å². The molecular formula is C12H15F2NO2S. The van der Waals surface area contributed by atoms with Crippen LogP contribution in [0.5, 0.6) is 0 Å². The van der Waals surface area contributed by atoms with E-state index in [9.17, 15) is 13.6 Å². The number of aromatic carboxylic acids is 1. The average molecular weight is 275 g/mol. The number of carbonyl (C=O) groups is 1. The van der Waals surface area contributed by atoms with Gasteiger partial charge in [0.25, 0.3) is 0 Å². The first-order valence-corrected chi connectivity index (χ1v) is 6.85. The molecule has 3 nitrogen and oxygen atoms in total. The van der Waals surface area contributed by atoms with Crippen molar-refractivity contribution in [3.63, 3.8) is 0 Å². The van der Waals surface area contributed by atoms with Gasteiger partial charge in [0, 0.05) is 18.8 Å². The number of aromatic nitrogens is 1. The monoisotopic (exact) mass is 275 g/mol. The Bertz CT molecular complexity index is 459. The Kier molecular flexibility index (Phi) is 3.66. The second-order valence-electron chi connectivity index (χ2n) is 4.64. The van der Waals surface area contributed by atoms with Crippen molar-refractivity contribution >= 4 is 17.3 Å². The second kappa shape index (κ2) is 4.91. The fraction of sp³-hybridized carbons (Fsp3) is 0.667. The molecule has 1 saturated carbocycles. The lowest BCUT2D eigenvalue weighted by Gasteiger charge is -2.27. The summed E-state index contributed by atoms with van der Waals surface area (Å²) >= 11 is 1.06. The molecule has 1 aromatic heterocycles. The molecule has 18 heavy (non-hydrogen) atoms. The third-order valence-electron chi connectivity index (χ3n) is 3.23. The molecule has 1 aliphatic carbocycles. The van der Waals surface area contributed by atoms with Gasteiger partial charge in [0.05, 0.1) is 10.7 Å². The minimum absolute atomic E-state index is 0.0682. The molecule has 0 amide bonds. The van der Waals surface area contributed by atoms with E-state index >= 15 is 0 Å². The Labute approximate surface area is 108 Å². The Morgan fingerprint density at radius 2 is 2.33 bits per heavy atom. The molecule has 0 saturated heterocycles. The van der Waals surface area contributed by atoms with Gasteiger partial charge in [0.1, 0.15) is 4.88 Å². The maximum Gasteiger partial charge on any atom is 0.347 e. The molecule has 0 spiro atoms. The SMILES string of the molecule is CCc1nc(C2CCCC(F)(F)C2)sc1C(=O)O. The predicted molar refractivity (Wildman–Crippen MR) is 64.6 cm³/mol. The third-order valence-corrected chi connectivity index (χ3v) is 4.48. The lowest BCUT2D eigenvalue weighted by Crippen LogP contribution is -2.24. The van der Waals surface area contributed by atoms with E-state index in [2.05, 4.69) is 4.98 Å². The summed E-state index contributed by atoms with van der Waals surface area (Å²) in [5.74, 6) is -3.94. The molecule has 2 rings (SSSR count). The molecule has 1 atom stereocenters. The van der Waals surface area contributed by atoms with E-state index in [0.717, 1.165) is 11.3 Å². The van der Waals surface area contributed by atoms with Crippen molar-refractivity contribution in [1.29, 1.82) is 0 Å². The molecule has 1 N–H and O–H groups in total. The van der Waals surface area contributed by atoms with Crippen LogP contribution < -0.4 is 0 Å². The Hall–Kier alpha value is -1.04. The standard InChI is InChI=1S/C12H15F2NO2S/c1-2-8-9(11(16)17)18-10(15-8)7-4-3-5-12(13,14)6-7/h7H,2-6H2,1H3,(H,16,17). The van der Waals surface area contributed by atoms with E-state index in [4.69, 9.17) is 5.11 Å². The van der Waals surface area contributed by atoms with Crippen LogP contribution in [0.1, 0.15) is 58.9 Å². The summed E-state index contributed by atoms with van der Waals surface area (Å²) in [4.78, 5) is 15.5. The summed E-state index contributed by atoms with van der Waals surface area (Å²) < 4.78 is 26.7. The lowest BCUT2D eigenvalue weighted by molar-refractivity contribution is -0.0408. The number of rotatable bonds is 3. The van der Waals surface area contributed by atoms with Crippen LogP contribution in [0.4, 0.5) is 8.78 Å². The van der Waals surface area contributed by atoms with Crippen LogP contribution in [0.3, 0.4) is 0 Å². The zero-order valence-electron chi connectivity index (χ0n) is 10.1. The van der Waals surface area contributed by atoms with Crippen LogP contribution in [0.15, 0.2) is 0 Å². The predicted octanol–water partition coefficient (Wildman–Crippen LogP) is 3.70. The zero-order valence-corrected chi connectivity index (χ0v) is 10.9. The highest BCUT2D eigenvalue weighted by atomic mass is 32.1. The van der Waals surface area contributed by atoms with Crippen molar-refractivity contribution in [2.45, 2.75) is 50.9 Å². The molecule has 6 heteroatoms. The molecular weight excluding hydrogens is 260 g/mol. The molecule has 1 fully saturated rings. The Morgan fingerprint density at radius 3 is 2.83 bits per heavy atom. The number of carboxylic acid groups (broad SMARTS) is 1. The van der Waals surface area contributed by atoms with Crippen molar-refractivity contribution in [3.8, 4) is 0 Å². The van der Waals surface area contributed by atoms with Gasteiger partial charge in [-0.2, -0.15) is 0 Å². The first-order chi connectivity index (χ1) is 8.43. The number of carboxylic acids is 1. The molecule has 1 unspecified atom stereocenters. The number of thiazole rings is 1. The zero-order chi connectivity index (χ0) is 13.3.